The van der Waals surface area contributed by atoms with Crippen molar-refractivity contribution in [1.82, 2.24) is 4.98 Å². The van der Waals surface area contributed by atoms with E-state index in [1.54, 1.807) is 0 Å². The summed E-state index contributed by atoms with van der Waals surface area (Å²) in [4.78, 5) is 15.4. The highest BCUT2D eigenvalue weighted by Crippen LogP contribution is 2.13. The van der Waals surface area contributed by atoms with Crippen molar-refractivity contribution in [2.75, 3.05) is 0 Å². The highest BCUT2D eigenvalue weighted by Gasteiger charge is 2.11. The number of pyridine rings is 1. The second-order valence-corrected chi connectivity index (χ2v) is 3.88. The van der Waals surface area contributed by atoms with E-state index >= 15 is 0 Å². The van der Waals surface area contributed by atoms with Gasteiger partial charge in [-0.15, -0.1) is 0 Å². The number of carbonyl (C=O) groups is 1. The van der Waals surface area contributed by atoms with Crippen LogP contribution in [0.15, 0.2) is 18.3 Å². The number of hydrogen-bond acceptors (Lipinski definition) is 2. The molecule has 0 saturated heterocycles. The largest absolute Gasteiger partial charge is 0.292 e. The van der Waals surface area contributed by atoms with Crippen LogP contribution in [0.2, 0.25) is 0 Å². The number of nitrogens with zero attached hydrogens (tertiary/aromatic N) is 1. The first-order valence-electron chi connectivity index (χ1n) is 5.28. The topological polar surface area (TPSA) is 30.0 Å². The Labute approximate surface area is 89.5 Å². The molecule has 2 nitrogen and oxygen atoms in total. The lowest BCUT2D eigenvalue weighted by atomic mass is 9.98. The maximum Gasteiger partial charge on any atom is 0.181 e. The molecular formula is C12H16FNO. The predicted molar refractivity (Wildman–Crippen MR) is 57.2 cm³/mol. The van der Waals surface area contributed by atoms with Gasteiger partial charge in [0.15, 0.2) is 5.78 Å². The van der Waals surface area contributed by atoms with Crippen LogP contribution in [-0.4, -0.2) is 10.8 Å². The van der Waals surface area contributed by atoms with Gasteiger partial charge in [-0.1, -0.05) is 26.7 Å². The van der Waals surface area contributed by atoms with Gasteiger partial charge in [-0.05, 0) is 18.1 Å². The van der Waals surface area contributed by atoms with E-state index in [-0.39, 0.29) is 5.78 Å². The Morgan fingerprint density at radius 2 is 2.27 bits per heavy atom. The summed E-state index contributed by atoms with van der Waals surface area (Å²) >= 11 is 0. The summed E-state index contributed by atoms with van der Waals surface area (Å²) in [5.74, 6) is -0.0431. The molecule has 1 heterocycles. The summed E-state index contributed by atoms with van der Waals surface area (Å²) in [5.41, 5.74) is 0.361. The fraction of sp³-hybridized carbons (Fsp3) is 0.500. The van der Waals surface area contributed by atoms with Crippen molar-refractivity contribution in [3.05, 3.63) is 29.8 Å². The van der Waals surface area contributed by atoms with Gasteiger partial charge in [-0.2, -0.15) is 0 Å². The molecule has 0 fully saturated rings. The summed E-state index contributed by atoms with van der Waals surface area (Å²) < 4.78 is 12.6. The Hall–Kier alpha value is -1.25. The summed E-state index contributed by atoms with van der Waals surface area (Å²) in [6, 6.07) is 2.71. The third-order valence-corrected chi connectivity index (χ3v) is 2.33. The van der Waals surface area contributed by atoms with Gasteiger partial charge in [-0.3, -0.25) is 9.78 Å². The number of rotatable bonds is 5. The third kappa shape index (κ3) is 3.78. The molecule has 1 aromatic heterocycles. The van der Waals surface area contributed by atoms with Crippen molar-refractivity contribution in [2.45, 2.75) is 33.1 Å². The van der Waals surface area contributed by atoms with Gasteiger partial charge in [0.2, 0.25) is 0 Å². The molecule has 15 heavy (non-hydrogen) atoms. The lowest BCUT2D eigenvalue weighted by molar-refractivity contribution is 0.0957. The number of ketones is 1. The van der Waals surface area contributed by atoms with Crippen LogP contribution in [-0.2, 0) is 0 Å². The summed E-state index contributed by atoms with van der Waals surface area (Å²) in [5, 5.41) is 0. The fourth-order valence-corrected chi connectivity index (χ4v) is 1.56. The van der Waals surface area contributed by atoms with Crippen molar-refractivity contribution >= 4 is 5.78 Å². The lowest BCUT2D eigenvalue weighted by Gasteiger charge is -2.07. The zero-order chi connectivity index (χ0) is 11.3. The second kappa shape index (κ2) is 5.59. The van der Waals surface area contributed by atoms with Crippen molar-refractivity contribution in [3.8, 4) is 0 Å². The Morgan fingerprint density at radius 3 is 2.80 bits per heavy atom. The minimum absolute atomic E-state index is 0.00375. The van der Waals surface area contributed by atoms with Gasteiger partial charge < -0.3 is 0 Å². The van der Waals surface area contributed by atoms with Crippen molar-refractivity contribution in [2.24, 2.45) is 5.92 Å². The van der Waals surface area contributed by atoms with E-state index in [2.05, 4.69) is 11.9 Å². The van der Waals surface area contributed by atoms with Crippen molar-refractivity contribution in [3.63, 3.8) is 0 Å². The molecule has 1 aromatic rings. The van der Waals surface area contributed by atoms with Crippen molar-refractivity contribution in [1.29, 1.82) is 0 Å². The number of aromatic nitrogens is 1. The zero-order valence-electron chi connectivity index (χ0n) is 9.16. The van der Waals surface area contributed by atoms with Crippen LogP contribution in [0.25, 0.3) is 0 Å². The molecule has 0 saturated carbocycles. The number of hydrogen-bond donors (Lipinski definition) is 0. The quantitative estimate of drug-likeness (QED) is 0.697. The van der Waals surface area contributed by atoms with Crippen LogP contribution < -0.4 is 0 Å². The standard InChI is InChI=1S/C12H16FNO/c1-3-4-9(2)7-12(15)11-6-5-10(13)8-14-11/h5-6,8-9H,3-4,7H2,1-2H3. The molecule has 0 aliphatic carbocycles. The van der Waals surface area contributed by atoms with Gasteiger partial charge in [0, 0.05) is 6.42 Å². The average Bonchev–Trinajstić information content (AvgIpc) is 2.18. The molecule has 3 heteroatoms. The van der Waals surface area contributed by atoms with E-state index in [0.717, 1.165) is 19.0 Å². The smallest absolute Gasteiger partial charge is 0.181 e. The fourth-order valence-electron chi connectivity index (χ4n) is 1.56. The van der Waals surface area contributed by atoms with Crippen LogP contribution in [0.4, 0.5) is 4.39 Å². The van der Waals surface area contributed by atoms with Gasteiger partial charge in [0.05, 0.1) is 6.20 Å². The minimum Gasteiger partial charge on any atom is -0.292 e. The summed E-state index contributed by atoms with van der Waals surface area (Å²) in [6.45, 7) is 4.14. The first-order chi connectivity index (χ1) is 7.13. The Balaban J connectivity index is 2.57. The summed E-state index contributed by atoms with van der Waals surface area (Å²) in [6.07, 6.45) is 3.68. The van der Waals surface area contributed by atoms with E-state index in [4.69, 9.17) is 0 Å². The molecule has 0 aliphatic rings. The van der Waals surface area contributed by atoms with E-state index in [0.29, 0.717) is 18.0 Å². The van der Waals surface area contributed by atoms with Crippen LogP contribution in [0, 0.1) is 11.7 Å². The monoisotopic (exact) mass is 209 g/mol. The van der Waals surface area contributed by atoms with E-state index < -0.39 is 5.82 Å². The Morgan fingerprint density at radius 1 is 1.53 bits per heavy atom. The average molecular weight is 209 g/mol. The molecule has 1 atom stereocenters. The number of halogens is 1. The van der Waals surface area contributed by atoms with Gasteiger partial charge in [-0.25, -0.2) is 4.39 Å². The maximum atomic E-state index is 12.6. The first kappa shape index (κ1) is 11.8. The maximum absolute atomic E-state index is 12.6. The third-order valence-electron chi connectivity index (χ3n) is 2.33. The molecule has 0 aromatic carbocycles. The molecule has 82 valence electrons. The van der Waals surface area contributed by atoms with Crippen LogP contribution >= 0.6 is 0 Å². The second-order valence-electron chi connectivity index (χ2n) is 3.88. The van der Waals surface area contributed by atoms with Gasteiger partial charge in [0.25, 0.3) is 0 Å². The van der Waals surface area contributed by atoms with E-state index in [1.165, 1.54) is 12.1 Å². The molecule has 0 aliphatic heterocycles. The molecule has 0 radical (unpaired) electrons. The van der Waals surface area contributed by atoms with E-state index in [9.17, 15) is 9.18 Å². The van der Waals surface area contributed by atoms with Crippen molar-refractivity contribution < 1.29 is 9.18 Å². The number of Topliss-reactive ketones (excluding diaryl/α,β-unsaturated/α-hetero) is 1. The lowest BCUT2D eigenvalue weighted by Crippen LogP contribution is -2.07. The highest BCUT2D eigenvalue weighted by atomic mass is 19.1. The normalized spacial score (nSPS) is 12.5. The summed E-state index contributed by atoms with van der Waals surface area (Å²) in [7, 11) is 0. The SMILES string of the molecule is CCCC(C)CC(=O)c1ccc(F)cn1. The van der Waals surface area contributed by atoms with Crippen LogP contribution in [0.5, 0.6) is 0 Å². The molecule has 0 amide bonds. The predicted octanol–water partition coefficient (Wildman–Crippen LogP) is 3.23. The molecule has 0 bridgehead atoms. The highest BCUT2D eigenvalue weighted by molar-refractivity contribution is 5.94. The van der Waals surface area contributed by atoms with Gasteiger partial charge >= 0.3 is 0 Å². The molecule has 1 rings (SSSR count). The Bertz CT molecular complexity index is 321. The molecule has 0 N–H and O–H groups in total. The van der Waals surface area contributed by atoms with Crippen LogP contribution in [0.1, 0.15) is 43.6 Å². The molecule has 1 unspecified atom stereocenters. The minimum atomic E-state index is -0.409. The Kier molecular flexibility index (Phi) is 4.40. The molecule has 0 spiro atoms. The van der Waals surface area contributed by atoms with Crippen LogP contribution in [0.3, 0.4) is 0 Å². The zero-order valence-corrected chi connectivity index (χ0v) is 9.16. The first-order valence-corrected chi connectivity index (χ1v) is 5.28. The van der Waals surface area contributed by atoms with Gasteiger partial charge in [0.1, 0.15) is 11.5 Å². The molecular weight excluding hydrogens is 193 g/mol. The number of carbonyl (C=O) groups excluding carboxylic acids is 1. The van der Waals surface area contributed by atoms with E-state index in [1.807, 2.05) is 6.92 Å².